The maximum absolute atomic E-state index is 10.9. The molecule has 2 fully saturated rings. The van der Waals surface area contributed by atoms with Crippen molar-refractivity contribution in [2.45, 2.75) is 57.7 Å². The van der Waals surface area contributed by atoms with Gasteiger partial charge in [-0.2, -0.15) is 0 Å². The van der Waals surface area contributed by atoms with Crippen LogP contribution in [0.15, 0.2) is 60.7 Å². The normalized spacial score (nSPS) is 28.1. The number of nitrogens with zero attached hydrogens (tertiary/aromatic N) is 1. The maximum atomic E-state index is 10.9. The molecule has 2 aliphatic rings. The van der Waals surface area contributed by atoms with Gasteiger partial charge in [0.1, 0.15) is 0 Å². The molecule has 0 aromatic heterocycles. The third-order valence-electron chi connectivity index (χ3n) is 6.81. The molecule has 2 saturated carbocycles. The standard InChI is InChI=1S/C25H33NO/c27-25-16-15-22-13-7-8-14-23(22)24(25)19-26(17-20-9-3-1-4-10-20)18-21-11-5-2-6-12-21/h1-6,9-12,22-25,27H,7-8,13-19H2. The van der Waals surface area contributed by atoms with Crippen molar-refractivity contribution in [3.05, 3.63) is 71.8 Å². The predicted molar refractivity (Wildman–Crippen MR) is 111 cm³/mol. The van der Waals surface area contributed by atoms with E-state index in [4.69, 9.17) is 0 Å². The molecule has 2 aromatic carbocycles. The lowest BCUT2D eigenvalue weighted by Gasteiger charge is -2.45. The Morgan fingerprint density at radius 2 is 1.33 bits per heavy atom. The van der Waals surface area contributed by atoms with E-state index in [1.54, 1.807) is 0 Å². The van der Waals surface area contributed by atoms with Gasteiger partial charge in [0.15, 0.2) is 0 Å². The minimum atomic E-state index is -0.126. The minimum Gasteiger partial charge on any atom is -0.393 e. The fraction of sp³-hybridized carbons (Fsp3) is 0.520. The van der Waals surface area contributed by atoms with Crippen LogP contribution in [0, 0.1) is 17.8 Å². The summed E-state index contributed by atoms with van der Waals surface area (Å²) in [6, 6.07) is 21.6. The van der Waals surface area contributed by atoms with Crippen LogP contribution in [0.1, 0.15) is 49.7 Å². The molecule has 0 amide bonds. The van der Waals surface area contributed by atoms with Gasteiger partial charge in [0.2, 0.25) is 0 Å². The molecule has 2 aliphatic carbocycles. The number of aliphatic hydroxyl groups is 1. The van der Waals surface area contributed by atoms with Crippen molar-refractivity contribution in [3.63, 3.8) is 0 Å². The Morgan fingerprint density at radius 3 is 1.96 bits per heavy atom. The maximum Gasteiger partial charge on any atom is 0.0583 e. The van der Waals surface area contributed by atoms with Gasteiger partial charge >= 0.3 is 0 Å². The van der Waals surface area contributed by atoms with Crippen LogP contribution in [0.3, 0.4) is 0 Å². The van der Waals surface area contributed by atoms with Gasteiger partial charge in [0.05, 0.1) is 6.10 Å². The Kier molecular flexibility index (Phi) is 6.26. The monoisotopic (exact) mass is 363 g/mol. The van der Waals surface area contributed by atoms with Crippen LogP contribution in [0.2, 0.25) is 0 Å². The molecule has 1 N–H and O–H groups in total. The molecule has 0 radical (unpaired) electrons. The van der Waals surface area contributed by atoms with E-state index in [9.17, 15) is 5.11 Å². The smallest absolute Gasteiger partial charge is 0.0583 e. The quantitative estimate of drug-likeness (QED) is 0.756. The van der Waals surface area contributed by atoms with E-state index < -0.39 is 0 Å². The topological polar surface area (TPSA) is 23.5 Å². The molecule has 2 aromatic rings. The highest BCUT2D eigenvalue weighted by Gasteiger charge is 2.40. The molecule has 4 rings (SSSR count). The summed E-state index contributed by atoms with van der Waals surface area (Å²) in [6.07, 6.45) is 7.54. The third kappa shape index (κ3) is 4.80. The van der Waals surface area contributed by atoms with Gasteiger partial charge in [-0.3, -0.25) is 4.90 Å². The van der Waals surface area contributed by atoms with Gasteiger partial charge < -0.3 is 5.11 Å². The molecule has 144 valence electrons. The first kappa shape index (κ1) is 18.7. The van der Waals surface area contributed by atoms with E-state index in [2.05, 4.69) is 65.6 Å². The SMILES string of the molecule is OC1CCC2CCCCC2C1CN(Cc1ccccc1)Cc1ccccc1. The lowest BCUT2D eigenvalue weighted by atomic mass is 9.64. The minimum absolute atomic E-state index is 0.126. The van der Waals surface area contributed by atoms with Gasteiger partial charge in [-0.05, 0) is 42.2 Å². The molecule has 0 bridgehead atoms. The van der Waals surface area contributed by atoms with Crippen LogP contribution < -0.4 is 0 Å². The number of fused-ring (bicyclic) bond motifs is 1. The number of hydrogen-bond donors (Lipinski definition) is 1. The summed E-state index contributed by atoms with van der Waals surface area (Å²) >= 11 is 0. The Morgan fingerprint density at radius 1 is 0.741 bits per heavy atom. The fourth-order valence-corrected chi connectivity index (χ4v) is 5.47. The molecular weight excluding hydrogens is 330 g/mol. The molecule has 0 spiro atoms. The first-order valence-corrected chi connectivity index (χ1v) is 10.8. The molecule has 0 saturated heterocycles. The van der Waals surface area contributed by atoms with Crippen LogP contribution in [0.25, 0.3) is 0 Å². The zero-order valence-electron chi connectivity index (χ0n) is 16.3. The number of hydrogen-bond acceptors (Lipinski definition) is 2. The molecule has 0 heterocycles. The Bertz CT molecular complexity index is 644. The highest BCUT2D eigenvalue weighted by molar-refractivity contribution is 5.17. The summed E-state index contributed by atoms with van der Waals surface area (Å²) in [5, 5.41) is 10.9. The van der Waals surface area contributed by atoms with Gasteiger partial charge in [-0.15, -0.1) is 0 Å². The average Bonchev–Trinajstić information content (AvgIpc) is 2.72. The Balaban J connectivity index is 1.51. The van der Waals surface area contributed by atoms with E-state index in [1.165, 1.54) is 43.2 Å². The number of rotatable bonds is 6. The third-order valence-corrected chi connectivity index (χ3v) is 6.81. The van der Waals surface area contributed by atoms with Crippen molar-refractivity contribution >= 4 is 0 Å². The molecule has 27 heavy (non-hydrogen) atoms. The molecule has 0 aliphatic heterocycles. The van der Waals surface area contributed by atoms with Crippen molar-refractivity contribution < 1.29 is 5.11 Å². The molecule has 4 unspecified atom stereocenters. The summed E-state index contributed by atoms with van der Waals surface area (Å²) in [4.78, 5) is 2.57. The molecular formula is C25H33NO. The number of aliphatic hydroxyl groups excluding tert-OH is 1. The second-order valence-corrected chi connectivity index (χ2v) is 8.66. The summed E-state index contributed by atoms with van der Waals surface area (Å²) in [5.74, 6) is 2.00. The van der Waals surface area contributed by atoms with E-state index >= 15 is 0 Å². The van der Waals surface area contributed by atoms with E-state index in [0.29, 0.717) is 5.92 Å². The van der Waals surface area contributed by atoms with Gasteiger partial charge in [-0.1, -0.05) is 79.9 Å². The van der Waals surface area contributed by atoms with Crippen LogP contribution in [-0.4, -0.2) is 22.7 Å². The van der Waals surface area contributed by atoms with Crippen LogP contribution >= 0.6 is 0 Å². The highest BCUT2D eigenvalue weighted by atomic mass is 16.3. The average molecular weight is 364 g/mol. The zero-order valence-corrected chi connectivity index (χ0v) is 16.3. The summed E-state index contributed by atoms with van der Waals surface area (Å²) in [7, 11) is 0. The fourth-order valence-electron chi connectivity index (χ4n) is 5.47. The lowest BCUT2D eigenvalue weighted by Crippen LogP contribution is -2.45. The van der Waals surface area contributed by atoms with Crippen molar-refractivity contribution in [2.75, 3.05) is 6.54 Å². The van der Waals surface area contributed by atoms with Gasteiger partial charge in [-0.25, -0.2) is 0 Å². The Labute approximate surface area is 164 Å². The van der Waals surface area contributed by atoms with Gasteiger partial charge in [0.25, 0.3) is 0 Å². The van der Waals surface area contributed by atoms with E-state index in [0.717, 1.165) is 37.9 Å². The molecule has 2 heteroatoms. The second-order valence-electron chi connectivity index (χ2n) is 8.66. The van der Waals surface area contributed by atoms with Crippen molar-refractivity contribution in [1.82, 2.24) is 4.90 Å². The summed E-state index contributed by atoms with van der Waals surface area (Å²) < 4.78 is 0. The summed E-state index contributed by atoms with van der Waals surface area (Å²) in [6.45, 7) is 2.92. The van der Waals surface area contributed by atoms with Crippen LogP contribution in [0.4, 0.5) is 0 Å². The summed E-state index contributed by atoms with van der Waals surface area (Å²) in [5.41, 5.74) is 2.72. The second kappa shape index (κ2) is 9.03. The molecule has 2 nitrogen and oxygen atoms in total. The lowest BCUT2D eigenvalue weighted by molar-refractivity contribution is -0.0329. The largest absolute Gasteiger partial charge is 0.393 e. The first-order valence-electron chi connectivity index (χ1n) is 10.8. The Hall–Kier alpha value is -1.64. The van der Waals surface area contributed by atoms with Crippen molar-refractivity contribution in [3.8, 4) is 0 Å². The van der Waals surface area contributed by atoms with Crippen molar-refractivity contribution in [2.24, 2.45) is 17.8 Å². The van der Waals surface area contributed by atoms with Gasteiger partial charge in [0, 0.05) is 25.6 Å². The zero-order chi connectivity index (χ0) is 18.5. The number of benzene rings is 2. The van der Waals surface area contributed by atoms with E-state index in [1.807, 2.05) is 0 Å². The highest BCUT2D eigenvalue weighted by Crippen LogP contribution is 2.44. The van der Waals surface area contributed by atoms with E-state index in [-0.39, 0.29) is 6.10 Å². The predicted octanol–water partition coefficient (Wildman–Crippen LogP) is 5.27. The van der Waals surface area contributed by atoms with Crippen molar-refractivity contribution in [1.29, 1.82) is 0 Å². The van der Waals surface area contributed by atoms with Crippen LogP contribution in [-0.2, 0) is 13.1 Å². The molecule has 4 atom stereocenters. The van der Waals surface area contributed by atoms with Crippen LogP contribution in [0.5, 0.6) is 0 Å². The first-order chi connectivity index (χ1) is 13.3.